The van der Waals surface area contributed by atoms with Gasteiger partial charge in [-0.05, 0) is 18.3 Å². The molecule has 0 aromatic heterocycles. The fourth-order valence-corrected chi connectivity index (χ4v) is 0.813. The molecule has 0 heterocycles. The first kappa shape index (κ1) is 10.4. The topological polar surface area (TPSA) is 17.1 Å². The zero-order valence-corrected chi connectivity index (χ0v) is 7.71. The molecule has 0 saturated heterocycles. The van der Waals surface area contributed by atoms with Crippen molar-refractivity contribution in [2.24, 2.45) is 11.8 Å². The third-order valence-corrected chi connectivity index (χ3v) is 1.54. The lowest BCUT2D eigenvalue weighted by Gasteiger charge is -2.00. The lowest BCUT2D eigenvalue weighted by Crippen LogP contribution is -1.90. The first-order valence-corrected chi connectivity index (χ1v) is 4.27. The van der Waals surface area contributed by atoms with Gasteiger partial charge in [0, 0.05) is 6.42 Å². The van der Waals surface area contributed by atoms with E-state index in [1.807, 2.05) is 0 Å². The Morgan fingerprint density at radius 3 is 2.27 bits per heavy atom. The normalized spacial score (nSPS) is 14.2. The fourth-order valence-electron chi connectivity index (χ4n) is 0.813. The average molecular weight is 154 g/mol. The van der Waals surface area contributed by atoms with Crippen LogP contribution in [0.15, 0.2) is 12.2 Å². The molecule has 0 aromatic rings. The van der Waals surface area contributed by atoms with Crippen LogP contribution in [-0.2, 0) is 4.79 Å². The van der Waals surface area contributed by atoms with Crippen molar-refractivity contribution in [1.82, 2.24) is 0 Å². The molecule has 0 aromatic carbocycles. The van der Waals surface area contributed by atoms with Crippen LogP contribution in [-0.4, -0.2) is 6.29 Å². The molecule has 0 fully saturated rings. The van der Waals surface area contributed by atoms with E-state index in [0.29, 0.717) is 12.3 Å². The molecule has 11 heavy (non-hydrogen) atoms. The second-order valence-electron chi connectivity index (χ2n) is 3.44. The van der Waals surface area contributed by atoms with Gasteiger partial charge in [-0.25, -0.2) is 0 Å². The fraction of sp³-hybridized carbons (Fsp3) is 0.700. The number of carbonyl (C=O) groups is 1. The standard InChI is InChI=1S/C10H18O/c1-9(2)5-4-6-10(3)7-8-11/h4,6,8-10H,5,7H2,1-3H3/b6-4+/t10-/m0/s1. The van der Waals surface area contributed by atoms with E-state index in [2.05, 4.69) is 32.9 Å². The minimum absolute atomic E-state index is 0.409. The van der Waals surface area contributed by atoms with Crippen molar-refractivity contribution in [1.29, 1.82) is 0 Å². The zero-order valence-electron chi connectivity index (χ0n) is 7.71. The molecule has 0 bridgehead atoms. The SMILES string of the molecule is CC(C)C/C=C/[C@H](C)CC=O. The van der Waals surface area contributed by atoms with Gasteiger partial charge in [-0.15, -0.1) is 0 Å². The first-order chi connectivity index (χ1) is 5.16. The molecule has 0 aliphatic heterocycles. The van der Waals surface area contributed by atoms with Crippen molar-refractivity contribution in [2.75, 3.05) is 0 Å². The van der Waals surface area contributed by atoms with Gasteiger partial charge in [0.25, 0.3) is 0 Å². The summed E-state index contributed by atoms with van der Waals surface area (Å²) in [5.74, 6) is 1.13. The molecule has 0 N–H and O–H groups in total. The van der Waals surface area contributed by atoms with Crippen LogP contribution in [0.1, 0.15) is 33.6 Å². The van der Waals surface area contributed by atoms with Gasteiger partial charge in [0.05, 0.1) is 0 Å². The van der Waals surface area contributed by atoms with Gasteiger partial charge in [0.1, 0.15) is 6.29 Å². The van der Waals surface area contributed by atoms with Gasteiger partial charge < -0.3 is 4.79 Å². The van der Waals surface area contributed by atoms with Crippen LogP contribution in [0.5, 0.6) is 0 Å². The van der Waals surface area contributed by atoms with Crippen LogP contribution in [0.3, 0.4) is 0 Å². The van der Waals surface area contributed by atoms with Crippen LogP contribution in [0.2, 0.25) is 0 Å². The summed E-state index contributed by atoms with van der Waals surface area (Å²) in [6.45, 7) is 6.44. The maximum Gasteiger partial charge on any atom is 0.120 e. The Bertz CT molecular complexity index is 125. The van der Waals surface area contributed by atoms with Crippen LogP contribution in [0, 0.1) is 11.8 Å². The van der Waals surface area contributed by atoms with Gasteiger partial charge in [0.2, 0.25) is 0 Å². The first-order valence-electron chi connectivity index (χ1n) is 4.27. The second kappa shape index (κ2) is 6.14. The van der Waals surface area contributed by atoms with Gasteiger partial charge >= 0.3 is 0 Å². The van der Waals surface area contributed by atoms with Crippen molar-refractivity contribution in [2.45, 2.75) is 33.6 Å². The molecular formula is C10H18O. The Kier molecular flexibility index (Phi) is 5.81. The summed E-state index contributed by atoms with van der Waals surface area (Å²) in [6.07, 6.45) is 7.02. The molecule has 0 unspecified atom stereocenters. The molecule has 1 atom stereocenters. The second-order valence-corrected chi connectivity index (χ2v) is 3.44. The number of hydrogen-bond donors (Lipinski definition) is 0. The summed E-state index contributed by atoms with van der Waals surface area (Å²) in [4.78, 5) is 10.1. The van der Waals surface area contributed by atoms with Crippen LogP contribution in [0.25, 0.3) is 0 Å². The Hall–Kier alpha value is -0.590. The maximum atomic E-state index is 10.1. The van der Waals surface area contributed by atoms with E-state index >= 15 is 0 Å². The van der Waals surface area contributed by atoms with Crippen molar-refractivity contribution >= 4 is 6.29 Å². The van der Waals surface area contributed by atoms with Crippen molar-refractivity contribution in [3.63, 3.8) is 0 Å². The molecule has 1 nitrogen and oxygen atoms in total. The van der Waals surface area contributed by atoms with E-state index < -0.39 is 0 Å². The summed E-state index contributed by atoms with van der Waals surface area (Å²) in [5.41, 5.74) is 0. The summed E-state index contributed by atoms with van der Waals surface area (Å²) in [5, 5.41) is 0. The van der Waals surface area contributed by atoms with Gasteiger partial charge in [-0.3, -0.25) is 0 Å². The monoisotopic (exact) mass is 154 g/mol. The molecular weight excluding hydrogens is 136 g/mol. The minimum atomic E-state index is 0.409. The van der Waals surface area contributed by atoms with E-state index in [0.717, 1.165) is 18.6 Å². The zero-order chi connectivity index (χ0) is 8.69. The molecule has 0 rings (SSSR count). The predicted molar refractivity (Wildman–Crippen MR) is 48.4 cm³/mol. The van der Waals surface area contributed by atoms with Crippen LogP contribution in [0.4, 0.5) is 0 Å². The van der Waals surface area contributed by atoms with Gasteiger partial charge in [-0.1, -0.05) is 32.9 Å². The highest BCUT2D eigenvalue weighted by Crippen LogP contribution is 2.05. The molecule has 0 radical (unpaired) electrons. The summed E-state index contributed by atoms with van der Waals surface area (Å²) < 4.78 is 0. The van der Waals surface area contributed by atoms with E-state index in [9.17, 15) is 4.79 Å². The van der Waals surface area contributed by atoms with Crippen molar-refractivity contribution in [3.05, 3.63) is 12.2 Å². The Balaban J connectivity index is 3.47. The molecule has 0 amide bonds. The number of hydrogen-bond acceptors (Lipinski definition) is 1. The van der Waals surface area contributed by atoms with E-state index in [4.69, 9.17) is 0 Å². The highest BCUT2D eigenvalue weighted by molar-refractivity contribution is 5.50. The molecule has 1 heteroatoms. The minimum Gasteiger partial charge on any atom is -0.303 e. The van der Waals surface area contributed by atoms with Gasteiger partial charge in [-0.2, -0.15) is 0 Å². The number of allylic oxidation sites excluding steroid dienone is 2. The molecule has 64 valence electrons. The predicted octanol–water partition coefficient (Wildman–Crippen LogP) is 2.81. The van der Waals surface area contributed by atoms with E-state index in [1.165, 1.54) is 0 Å². The van der Waals surface area contributed by atoms with Crippen molar-refractivity contribution in [3.8, 4) is 0 Å². The Morgan fingerprint density at radius 1 is 1.18 bits per heavy atom. The third-order valence-electron chi connectivity index (χ3n) is 1.54. The van der Waals surface area contributed by atoms with Crippen LogP contribution >= 0.6 is 0 Å². The molecule has 0 spiro atoms. The lowest BCUT2D eigenvalue weighted by molar-refractivity contribution is -0.108. The number of carbonyl (C=O) groups excluding carboxylic acids is 1. The maximum absolute atomic E-state index is 10.1. The highest BCUT2D eigenvalue weighted by Gasteiger charge is 1.94. The van der Waals surface area contributed by atoms with E-state index in [1.54, 1.807) is 0 Å². The van der Waals surface area contributed by atoms with Gasteiger partial charge in [0.15, 0.2) is 0 Å². The summed E-state index contributed by atoms with van der Waals surface area (Å²) in [7, 11) is 0. The average Bonchev–Trinajstić information content (AvgIpc) is 1.87. The summed E-state index contributed by atoms with van der Waals surface area (Å²) >= 11 is 0. The molecule has 0 saturated carbocycles. The Labute approximate surface area is 69.5 Å². The summed E-state index contributed by atoms with van der Waals surface area (Å²) in [6, 6.07) is 0. The largest absolute Gasteiger partial charge is 0.303 e. The third kappa shape index (κ3) is 7.31. The smallest absolute Gasteiger partial charge is 0.120 e. The number of aldehydes is 1. The molecule has 0 aliphatic carbocycles. The lowest BCUT2D eigenvalue weighted by atomic mass is 10.1. The number of rotatable bonds is 5. The quantitative estimate of drug-likeness (QED) is 0.439. The van der Waals surface area contributed by atoms with Crippen LogP contribution < -0.4 is 0 Å². The van der Waals surface area contributed by atoms with Crippen molar-refractivity contribution < 1.29 is 4.79 Å². The Morgan fingerprint density at radius 2 is 1.82 bits per heavy atom. The molecule has 0 aliphatic rings. The highest BCUT2D eigenvalue weighted by atomic mass is 16.1. The van der Waals surface area contributed by atoms with E-state index in [-0.39, 0.29) is 0 Å².